The SMILES string of the molecule is CC1CN(S(=O)(=O)c2ccc(F)cc2Cl)CC(C)O1. The van der Waals surface area contributed by atoms with Gasteiger partial charge in [0.15, 0.2) is 0 Å². The van der Waals surface area contributed by atoms with Crippen molar-refractivity contribution in [3.63, 3.8) is 0 Å². The van der Waals surface area contributed by atoms with Crippen molar-refractivity contribution >= 4 is 21.6 Å². The molecule has 1 aromatic rings. The maximum Gasteiger partial charge on any atom is 0.244 e. The van der Waals surface area contributed by atoms with E-state index in [0.29, 0.717) is 0 Å². The molecule has 106 valence electrons. The Morgan fingerprint density at radius 2 is 1.89 bits per heavy atom. The molecule has 1 aliphatic heterocycles. The van der Waals surface area contributed by atoms with Crippen LogP contribution in [0.25, 0.3) is 0 Å². The minimum Gasteiger partial charge on any atom is -0.373 e. The number of nitrogens with zero attached hydrogens (tertiary/aromatic N) is 1. The fourth-order valence-corrected chi connectivity index (χ4v) is 4.25. The Hall–Kier alpha value is -0.690. The lowest BCUT2D eigenvalue weighted by atomic mass is 10.3. The standard InChI is InChI=1S/C12H15ClFNO3S/c1-8-6-15(7-9(2)18-8)19(16,17)12-4-3-10(14)5-11(12)13/h3-5,8-9H,6-7H2,1-2H3. The molecule has 7 heteroatoms. The van der Waals surface area contributed by atoms with E-state index in [4.69, 9.17) is 16.3 Å². The zero-order valence-corrected chi connectivity index (χ0v) is 12.2. The van der Waals surface area contributed by atoms with Crippen molar-refractivity contribution in [2.45, 2.75) is 31.0 Å². The minimum absolute atomic E-state index is 0.0723. The van der Waals surface area contributed by atoms with E-state index in [2.05, 4.69) is 0 Å². The topological polar surface area (TPSA) is 46.6 Å². The average molecular weight is 308 g/mol. The summed E-state index contributed by atoms with van der Waals surface area (Å²) >= 11 is 5.83. The van der Waals surface area contributed by atoms with Crippen LogP contribution in [-0.4, -0.2) is 38.0 Å². The second-order valence-electron chi connectivity index (χ2n) is 4.65. The molecule has 0 aliphatic carbocycles. The number of rotatable bonds is 2. The molecule has 1 fully saturated rings. The molecule has 2 unspecified atom stereocenters. The molecule has 1 aromatic carbocycles. The predicted octanol–water partition coefficient (Wildman–Crippen LogP) is 2.28. The van der Waals surface area contributed by atoms with Crippen LogP contribution in [0.3, 0.4) is 0 Å². The van der Waals surface area contributed by atoms with E-state index in [9.17, 15) is 12.8 Å². The molecule has 2 rings (SSSR count). The zero-order chi connectivity index (χ0) is 14.2. The third-order valence-electron chi connectivity index (χ3n) is 2.90. The van der Waals surface area contributed by atoms with Crippen LogP contribution in [0.4, 0.5) is 4.39 Å². The Morgan fingerprint density at radius 1 is 1.32 bits per heavy atom. The van der Waals surface area contributed by atoms with Gasteiger partial charge in [0, 0.05) is 13.1 Å². The first-order valence-corrected chi connectivity index (χ1v) is 7.73. The molecule has 2 atom stereocenters. The fourth-order valence-electron chi connectivity index (χ4n) is 2.15. The molecule has 0 bridgehead atoms. The van der Waals surface area contributed by atoms with E-state index in [1.54, 1.807) is 0 Å². The lowest BCUT2D eigenvalue weighted by Crippen LogP contribution is -2.48. The third-order valence-corrected chi connectivity index (χ3v) is 5.21. The van der Waals surface area contributed by atoms with Crippen molar-refractivity contribution in [1.82, 2.24) is 4.31 Å². The number of morpholine rings is 1. The van der Waals surface area contributed by atoms with Crippen LogP contribution in [0.15, 0.2) is 23.1 Å². The molecule has 0 spiro atoms. The summed E-state index contributed by atoms with van der Waals surface area (Å²) in [4.78, 5) is -0.0723. The second kappa shape index (κ2) is 5.36. The maximum atomic E-state index is 13.0. The van der Waals surface area contributed by atoms with Gasteiger partial charge in [-0.1, -0.05) is 11.6 Å². The first kappa shape index (κ1) is 14.7. The smallest absolute Gasteiger partial charge is 0.244 e. The van der Waals surface area contributed by atoms with Gasteiger partial charge in [-0.25, -0.2) is 12.8 Å². The van der Waals surface area contributed by atoms with Crippen LogP contribution in [0, 0.1) is 5.82 Å². The fraction of sp³-hybridized carbons (Fsp3) is 0.500. The molecule has 0 N–H and O–H groups in total. The molecular formula is C12H15ClFNO3S. The van der Waals surface area contributed by atoms with Crippen molar-refractivity contribution in [3.05, 3.63) is 29.0 Å². The average Bonchev–Trinajstić information content (AvgIpc) is 2.26. The van der Waals surface area contributed by atoms with Crippen LogP contribution in [0.2, 0.25) is 5.02 Å². The summed E-state index contributed by atoms with van der Waals surface area (Å²) in [6.07, 6.45) is -0.365. The van der Waals surface area contributed by atoms with Crippen molar-refractivity contribution in [2.24, 2.45) is 0 Å². The summed E-state index contributed by atoms with van der Waals surface area (Å²) in [7, 11) is -3.72. The van der Waals surface area contributed by atoms with E-state index >= 15 is 0 Å². The maximum absolute atomic E-state index is 13.0. The van der Waals surface area contributed by atoms with Gasteiger partial charge in [-0.2, -0.15) is 4.31 Å². The number of hydrogen-bond acceptors (Lipinski definition) is 3. The Bertz CT molecular complexity index is 568. The second-order valence-corrected chi connectivity index (χ2v) is 6.97. The van der Waals surface area contributed by atoms with Crippen molar-refractivity contribution in [3.8, 4) is 0 Å². The van der Waals surface area contributed by atoms with Gasteiger partial charge in [0.1, 0.15) is 10.7 Å². The van der Waals surface area contributed by atoms with Gasteiger partial charge < -0.3 is 4.74 Å². The van der Waals surface area contributed by atoms with Crippen LogP contribution >= 0.6 is 11.6 Å². The molecule has 4 nitrogen and oxygen atoms in total. The molecule has 1 heterocycles. The molecule has 1 aliphatic rings. The van der Waals surface area contributed by atoms with Crippen LogP contribution < -0.4 is 0 Å². The van der Waals surface area contributed by atoms with Crippen LogP contribution in [0.1, 0.15) is 13.8 Å². The molecule has 0 saturated carbocycles. The molecule has 0 radical (unpaired) electrons. The van der Waals surface area contributed by atoms with Crippen LogP contribution in [-0.2, 0) is 14.8 Å². The summed E-state index contributed by atoms with van der Waals surface area (Å²) in [5.74, 6) is -0.562. The highest BCUT2D eigenvalue weighted by Crippen LogP contribution is 2.27. The van der Waals surface area contributed by atoms with Gasteiger partial charge in [0.2, 0.25) is 10.0 Å². The Morgan fingerprint density at radius 3 is 2.42 bits per heavy atom. The number of ether oxygens (including phenoxy) is 1. The van der Waals surface area contributed by atoms with E-state index < -0.39 is 15.8 Å². The van der Waals surface area contributed by atoms with E-state index in [1.807, 2.05) is 13.8 Å². The third kappa shape index (κ3) is 3.08. The Balaban J connectivity index is 2.36. The first-order chi connectivity index (χ1) is 8.80. The lowest BCUT2D eigenvalue weighted by molar-refractivity contribution is -0.0440. The summed E-state index contributed by atoms with van der Waals surface area (Å²) in [6.45, 7) is 4.15. The zero-order valence-electron chi connectivity index (χ0n) is 10.6. The normalized spacial score (nSPS) is 25.5. The van der Waals surface area contributed by atoms with Gasteiger partial charge in [-0.3, -0.25) is 0 Å². The van der Waals surface area contributed by atoms with Gasteiger partial charge in [-0.05, 0) is 32.0 Å². The van der Waals surface area contributed by atoms with Gasteiger partial charge in [0.05, 0.1) is 17.2 Å². The summed E-state index contributed by atoms with van der Waals surface area (Å²) in [5.41, 5.74) is 0. The highest BCUT2D eigenvalue weighted by molar-refractivity contribution is 7.89. The highest BCUT2D eigenvalue weighted by atomic mass is 35.5. The minimum atomic E-state index is -3.72. The van der Waals surface area contributed by atoms with Crippen LogP contribution in [0.5, 0.6) is 0 Å². The molecule has 0 aromatic heterocycles. The van der Waals surface area contributed by atoms with Gasteiger partial charge in [0.25, 0.3) is 0 Å². The van der Waals surface area contributed by atoms with Crippen molar-refractivity contribution < 1.29 is 17.5 Å². The number of hydrogen-bond donors (Lipinski definition) is 0. The van der Waals surface area contributed by atoms with E-state index in [-0.39, 0.29) is 35.2 Å². The molecular weight excluding hydrogens is 293 g/mol. The van der Waals surface area contributed by atoms with E-state index in [1.165, 1.54) is 10.4 Å². The van der Waals surface area contributed by atoms with Gasteiger partial charge in [-0.15, -0.1) is 0 Å². The number of benzene rings is 1. The lowest BCUT2D eigenvalue weighted by Gasteiger charge is -2.34. The van der Waals surface area contributed by atoms with Crippen molar-refractivity contribution in [1.29, 1.82) is 0 Å². The predicted molar refractivity (Wildman–Crippen MR) is 70.2 cm³/mol. The summed E-state index contributed by atoms with van der Waals surface area (Å²) in [5, 5.41) is -0.105. The molecule has 19 heavy (non-hydrogen) atoms. The molecule has 1 saturated heterocycles. The quantitative estimate of drug-likeness (QED) is 0.842. The molecule has 0 amide bonds. The van der Waals surface area contributed by atoms with Gasteiger partial charge >= 0.3 is 0 Å². The number of sulfonamides is 1. The summed E-state index contributed by atoms with van der Waals surface area (Å²) in [6, 6.07) is 3.28. The largest absolute Gasteiger partial charge is 0.373 e. The van der Waals surface area contributed by atoms with E-state index in [0.717, 1.165) is 12.1 Å². The Kier molecular flexibility index (Phi) is 4.15. The number of halogens is 2. The highest BCUT2D eigenvalue weighted by Gasteiger charge is 2.33. The monoisotopic (exact) mass is 307 g/mol. The van der Waals surface area contributed by atoms with Crippen molar-refractivity contribution in [2.75, 3.05) is 13.1 Å². The summed E-state index contributed by atoms with van der Waals surface area (Å²) < 4.78 is 44.8. The Labute approximate surface area is 117 Å². The first-order valence-electron chi connectivity index (χ1n) is 5.91.